The van der Waals surface area contributed by atoms with E-state index in [0.717, 1.165) is 36.8 Å². The zero-order chi connectivity index (χ0) is 34.4. The van der Waals surface area contributed by atoms with Crippen molar-refractivity contribution in [3.63, 3.8) is 0 Å². The van der Waals surface area contributed by atoms with Crippen molar-refractivity contribution in [2.75, 3.05) is 32.9 Å². The predicted octanol–water partition coefficient (Wildman–Crippen LogP) is 8.54. The molecule has 0 N–H and O–H groups in total. The number of aryl methyl sites for hydroxylation is 2. The molecule has 1 aliphatic heterocycles. The van der Waals surface area contributed by atoms with Crippen LogP contribution in [0.2, 0.25) is 0 Å². The van der Waals surface area contributed by atoms with Gasteiger partial charge >= 0.3 is 12.1 Å². The first kappa shape index (κ1) is 35.0. The minimum Gasteiger partial charge on any atom is -0.494 e. The summed E-state index contributed by atoms with van der Waals surface area (Å²) in [5.41, 5.74) is 1.18. The minimum absolute atomic E-state index is 0.0228. The highest BCUT2D eigenvalue weighted by Gasteiger charge is 2.41. The molecule has 0 bridgehead atoms. The number of benzene rings is 3. The fourth-order valence-corrected chi connectivity index (χ4v) is 5.57. The summed E-state index contributed by atoms with van der Waals surface area (Å²) >= 11 is 0. The number of carbonyl (C=O) groups is 1. The van der Waals surface area contributed by atoms with Crippen molar-refractivity contribution in [2.45, 2.75) is 66.1 Å². The molecule has 0 atom stereocenters. The molecule has 0 radical (unpaired) electrons. The van der Waals surface area contributed by atoms with Gasteiger partial charge in [0.15, 0.2) is 0 Å². The minimum atomic E-state index is -5.07. The molecule has 48 heavy (non-hydrogen) atoms. The van der Waals surface area contributed by atoms with Gasteiger partial charge < -0.3 is 23.4 Å². The van der Waals surface area contributed by atoms with Crippen molar-refractivity contribution in [3.8, 4) is 23.0 Å². The Kier molecular flexibility index (Phi) is 11.1. The first-order chi connectivity index (χ1) is 23.0. The van der Waals surface area contributed by atoms with Crippen LogP contribution in [-0.2, 0) is 17.5 Å². The van der Waals surface area contributed by atoms with E-state index in [-0.39, 0.29) is 40.1 Å². The Bertz CT molecular complexity index is 1810. The first-order valence-electron chi connectivity index (χ1n) is 16.2. The maximum atomic E-state index is 14.6. The van der Waals surface area contributed by atoms with Crippen LogP contribution in [0.5, 0.6) is 23.0 Å². The van der Waals surface area contributed by atoms with E-state index < -0.39 is 29.1 Å². The van der Waals surface area contributed by atoms with E-state index in [2.05, 4.69) is 6.92 Å². The third-order valence-corrected chi connectivity index (χ3v) is 8.36. The average Bonchev–Trinajstić information content (AvgIpc) is 3.05. The van der Waals surface area contributed by atoms with Gasteiger partial charge in [-0.1, -0.05) is 32.3 Å². The number of fused-ring (bicyclic) bond motifs is 1. The molecule has 11 heteroatoms. The summed E-state index contributed by atoms with van der Waals surface area (Å²) in [4.78, 5) is 29.0. The number of halogens is 3. The number of esters is 1. The van der Waals surface area contributed by atoms with E-state index in [1.807, 2.05) is 11.0 Å². The van der Waals surface area contributed by atoms with Gasteiger partial charge in [-0.2, -0.15) is 13.2 Å². The van der Waals surface area contributed by atoms with Gasteiger partial charge in [-0.15, -0.1) is 0 Å². The highest BCUT2D eigenvalue weighted by Crippen LogP contribution is 2.41. The van der Waals surface area contributed by atoms with Crippen molar-refractivity contribution in [3.05, 3.63) is 92.3 Å². The third-order valence-electron chi connectivity index (χ3n) is 8.36. The lowest BCUT2D eigenvalue weighted by molar-refractivity contribution is -0.154. The van der Waals surface area contributed by atoms with Crippen LogP contribution in [0.4, 0.5) is 13.2 Å². The van der Waals surface area contributed by atoms with Gasteiger partial charge in [0, 0.05) is 19.6 Å². The summed E-state index contributed by atoms with van der Waals surface area (Å²) < 4.78 is 72.0. The Hall–Kier alpha value is -4.35. The van der Waals surface area contributed by atoms with Crippen LogP contribution in [0, 0.1) is 20.8 Å². The van der Waals surface area contributed by atoms with Crippen molar-refractivity contribution >= 4 is 16.9 Å². The number of alkyl halides is 3. The number of carbonyl (C=O) groups excluding carboxylic acids is 1. The fourth-order valence-electron chi connectivity index (χ4n) is 5.57. The molecule has 0 amide bonds. The van der Waals surface area contributed by atoms with Gasteiger partial charge in [-0.05, 0) is 86.3 Å². The van der Waals surface area contributed by atoms with Crippen molar-refractivity contribution in [1.82, 2.24) is 4.90 Å². The zero-order valence-corrected chi connectivity index (χ0v) is 27.6. The predicted molar refractivity (Wildman–Crippen MR) is 175 cm³/mol. The monoisotopic (exact) mass is 667 g/mol. The van der Waals surface area contributed by atoms with Crippen LogP contribution in [0.25, 0.3) is 11.0 Å². The molecule has 2 heterocycles. The van der Waals surface area contributed by atoms with Gasteiger partial charge in [-0.3, -0.25) is 9.69 Å². The highest BCUT2D eigenvalue weighted by atomic mass is 19.4. The maximum Gasteiger partial charge on any atom is 0.453 e. The molecule has 0 aliphatic carbocycles. The number of hydrogen-bond acceptors (Lipinski definition) is 8. The van der Waals surface area contributed by atoms with Gasteiger partial charge in [0.1, 0.15) is 22.8 Å². The molecule has 5 rings (SSSR count). The highest BCUT2D eigenvalue weighted by molar-refractivity contribution is 5.92. The van der Waals surface area contributed by atoms with Gasteiger partial charge in [0.05, 0.1) is 36.3 Å². The number of unbranched alkanes of at least 4 members (excludes halogenated alkanes) is 3. The molecule has 0 saturated carbocycles. The Morgan fingerprint density at radius 1 is 0.938 bits per heavy atom. The second kappa shape index (κ2) is 15.3. The van der Waals surface area contributed by atoms with E-state index in [9.17, 15) is 22.8 Å². The van der Waals surface area contributed by atoms with Crippen molar-refractivity contribution < 1.29 is 41.3 Å². The third kappa shape index (κ3) is 8.19. The lowest BCUT2D eigenvalue weighted by atomic mass is 10.1. The van der Waals surface area contributed by atoms with Crippen LogP contribution < -0.4 is 19.6 Å². The molecule has 0 unspecified atom stereocenters. The SMILES string of the molecule is CCCCCCOc1ccc(C(=O)Oc2ccc3c(=O)c(Oc4cc(C)cc(C)c4C)c(C(F)(F)F)oc3c2CN2CCOCC2)cc1. The largest absolute Gasteiger partial charge is 0.494 e. The van der Waals surface area contributed by atoms with E-state index in [4.69, 9.17) is 23.4 Å². The number of nitrogens with zero attached hydrogens (tertiary/aromatic N) is 1. The normalized spacial score (nSPS) is 13.9. The maximum absolute atomic E-state index is 14.6. The molecule has 1 aromatic heterocycles. The second-order valence-corrected chi connectivity index (χ2v) is 12.0. The van der Waals surface area contributed by atoms with E-state index in [0.29, 0.717) is 44.2 Å². The summed E-state index contributed by atoms with van der Waals surface area (Å²) in [5.74, 6) is -2.55. The van der Waals surface area contributed by atoms with Crippen LogP contribution in [-0.4, -0.2) is 43.8 Å². The summed E-state index contributed by atoms with van der Waals surface area (Å²) in [6.07, 6.45) is -0.806. The smallest absolute Gasteiger partial charge is 0.453 e. The van der Waals surface area contributed by atoms with Gasteiger partial charge in [0.2, 0.25) is 11.2 Å². The molecule has 4 aromatic rings. The number of morpholine rings is 1. The Balaban J connectivity index is 1.53. The van der Waals surface area contributed by atoms with Gasteiger partial charge in [-0.25, -0.2) is 4.79 Å². The molecule has 1 fully saturated rings. The summed E-state index contributed by atoms with van der Waals surface area (Å²) in [7, 11) is 0. The number of rotatable bonds is 12. The van der Waals surface area contributed by atoms with Crippen LogP contribution >= 0.6 is 0 Å². The molecular formula is C37H40F3NO7. The van der Waals surface area contributed by atoms with Crippen LogP contribution in [0.3, 0.4) is 0 Å². The van der Waals surface area contributed by atoms with Gasteiger partial charge in [0.25, 0.3) is 5.76 Å². The van der Waals surface area contributed by atoms with E-state index >= 15 is 0 Å². The van der Waals surface area contributed by atoms with Crippen molar-refractivity contribution in [1.29, 1.82) is 0 Å². The number of hydrogen-bond donors (Lipinski definition) is 0. The Morgan fingerprint density at radius 3 is 2.35 bits per heavy atom. The molecule has 3 aromatic carbocycles. The average molecular weight is 668 g/mol. The molecule has 0 spiro atoms. The van der Waals surface area contributed by atoms with Crippen molar-refractivity contribution in [2.24, 2.45) is 0 Å². The molecule has 1 saturated heterocycles. The zero-order valence-electron chi connectivity index (χ0n) is 27.6. The lowest BCUT2D eigenvalue weighted by Gasteiger charge is -2.27. The van der Waals surface area contributed by atoms with E-state index in [1.54, 1.807) is 51.1 Å². The Labute approximate surface area is 277 Å². The standard InChI is InChI=1S/C37H40F3NO7/c1-5-6-7-8-17-45-27-11-9-26(10-12-27)36(43)47-30-14-13-28-32(42)34(46-31-21-23(2)20-24(3)25(31)4)35(37(38,39)40)48-33(28)29(30)22-41-15-18-44-19-16-41/h9-14,20-21H,5-8,15-19,22H2,1-4H3. The molecule has 256 valence electrons. The Morgan fingerprint density at radius 2 is 1.67 bits per heavy atom. The van der Waals surface area contributed by atoms with Crippen LogP contribution in [0.15, 0.2) is 57.7 Å². The summed E-state index contributed by atoms with van der Waals surface area (Å²) in [5, 5.41) is -0.136. The lowest BCUT2D eigenvalue weighted by Crippen LogP contribution is -2.36. The first-order valence-corrected chi connectivity index (χ1v) is 16.2. The molecular weight excluding hydrogens is 627 g/mol. The summed E-state index contributed by atoms with van der Waals surface area (Å²) in [6, 6.07) is 12.6. The molecule has 8 nitrogen and oxygen atoms in total. The quantitative estimate of drug-likeness (QED) is 0.0844. The van der Waals surface area contributed by atoms with Crippen LogP contribution in [0.1, 0.15) is 71.0 Å². The molecule has 1 aliphatic rings. The second-order valence-electron chi connectivity index (χ2n) is 12.0. The topological polar surface area (TPSA) is 87.4 Å². The summed E-state index contributed by atoms with van der Waals surface area (Å²) in [6.45, 7) is 9.83. The number of ether oxygens (including phenoxy) is 4. The van der Waals surface area contributed by atoms with E-state index in [1.165, 1.54) is 12.1 Å². The fraction of sp³-hybridized carbons (Fsp3) is 0.405.